The Morgan fingerprint density at radius 1 is 1.07 bits per heavy atom. The van der Waals surface area contributed by atoms with Crippen LogP contribution in [0.2, 0.25) is 0 Å². The number of aromatic nitrogens is 3. The van der Waals surface area contributed by atoms with E-state index in [2.05, 4.69) is 30.3 Å². The summed E-state index contributed by atoms with van der Waals surface area (Å²) in [6, 6.07) is 9.35. The Kier molecular flexibility index (Phi) is 6.68. The van der Waals surface area contributed by atoms with Crippen LogP contribution in [0.5, 0.6) is 5.75 Å². The normalized spacial score (nSPS) is 11.2. The number of nitrogens with zero attached hydrogens (tertiary/aromatic N) is 3. The molecule has 0 spiro atoms. The highest BCUT2D eigenvalue weighted by Crippen LogP contribution is 2.29. The zero-order valence-corrected chi connectivity index (χ0v) is 16.1. The second-order valence-corrected chi connectivity index (χ2v) is 6.35. The lowest BCUT2D eigenvalue weighted by atomic mass is 10.1. The molecule has 3 rings (SSSR count). The van der Waals surface area contributed by atoms with E-state index in [0.717, 1.165) is 5.56 Å². The van der Waals surface area contributed by atoms with Crippen molar-refractivity contribution in [3.63, 3.8) is 0 Å². The Bertz CT molecular complexity index is 984. The molecule has 0 fully saturated rings. The largest absolute Gasteiger partial charge is 0.573 e. The summed E-state index contributed by atoms with van der Waals surface area (Å²) in [7, 11) is 0. The summed E-state index contributed by atoms with van der Waals surface area (Å²) in [6.07, 6.45) is -0.923. The fourth-order valence-electron chi connectivity index (χ4n) is 2.65. The van der Waals surface area contributed by atoms with Gasteiger partial charge in [-0.1, -0.05) is 0 Å². The van der Waals surface area contributed by atoms with Crippen LogP contribution in [0.25, 0.3) is 11.3 Å². The lowest BCUT2D eigenvalue weighted by Crippen LogP contribution is -2.17. The highest BCUT2D eigenvalue weighted by atomic mass is 19.4. The number of alkyl halides is 3. The van der Waals surface area contributed by atoms with Crippen LogP contribution in [-0.2, 0) is 0 Å². The molecule has 0 saturated heterocycles. The number of pyridine rings is 1. The highest BCUT2D eigenvalue weighted by Gasteiger charge is 2.31. The molecule has 0 aliphatic carbocycles. The van der Waals surface area contributed by atoms with Crippen LogP contribution in [-0.4, -0.2) is 39.6 Å². The maximum Gasteiger partial charge on any atom is 0.573 e. The van der Waals surface area contributed by atoms with Gasteiger partial charge in [-0.2, -0.15) is 4.98 Å². The lowest BCUT2D eigenvalue weighted by Gasteiger charge is -2.14. The third-order valence-electron chi connectivity index (χ3n) is 4.01. The predicted octanol–water partition coefficient (Wildman–Crippen LogP) is 4.28. The van der Waals surface area contributed by atoms with E-state index in [1.165, 1.54) is 18.2 Å². The monoisotopic (exact) mass is 419 g/mol. The molecule has 1 aromatic carbocycles. The first-order valence-corrected chi connectivity index (χ1v) is 9.12. The minimum absolute atomic E-state index is 0.0354. The molecule has 3 N–H and O–H groups in total. The second kappa shape index (κ2) is 9.40. The van der Waals surface area contributed by atoms with Gasteiger partial charge < -0.3 is 20.5 Å². The van der Waals surface area contributed by atoms with Crippen molar-refractivity contribution in [3.8, 4) is 17.0 Å². The molecular formula is C20H20F3N5O2. The summed E-state index contributed by atoms with van der Waals surface area (Å²) in [5.41, 5.74) is 2.59. The molecule has 0 saturated carbocycles. The molecule has 0 bridgehead atoms. The van der Waals surface area contributed by atoms with Gasteiger partial charge in [0, 0.05) is 42.9 Å². The van der Waals surface area contributed by atoms with Gasteiger partial charge in [-0.3, -0.25) is 4.98 Å². The van der Waals surface area contributed by atoms with E-state index in [1.807, 2.05) is 0 Å². The number of benzene rings is 1. The Balaban J connectivity index is 1.88. The quantitative estimate of drug-likeness (QED) is 0.469. The molecule has 0 aliphatic rings. The van der Waals surface area contributed by atoms with Crippen LogP contribution in [0, 0.1) is 6.92 Å². The first-order chi connectivity index (χ1) is 14.3. The molecule has 2 aromatic heterocycles. The zero-order chi connectivity index (χ0) is 21.6. The number of rotatable bonds is 8. The predicted molar refractivity (Wildman–Crippen MR) is 107 cm³/mol. The molecule has 2 heterocycles. The van der Waals surface area contributed by atoms with Gasteiger partial charge in [0.25, 0.3) is 0 Å². The maximum atomic E-state index is 12.4. The Labute approximate surface area is 171 Å². The standard InChI is InChI=1S/C20H20F3N5O2/c1-13-11-15(30-20(21,22)23)3-4-16(13)26-18-12-17(14-5-8-24-9-6-14)27-19(28-18)25-7-2-10-29/h3-6,8-9,11-12,29H,2,7,10H2,1H3,(H2,25,26,27,28). The van der Waals surface area contributed by atoms with Gasteiger partial charge in [0.15, 0.2) is 0 Å². The Hall–Kier alpha value is -3.40. The van der Waals surface area contributed by atoms with Gasteiger partial charge in [0.1, 0.15) is 11.6 Å². The van der Waals surface area contributed by atoms with Crippen molar-refractivity contribution < 1.29 is 23.0 Å². The average molecular weight is 419 g/mol. The van der Waals surface area contributed by atoms with Crippen molar-refractivity contribution in [2.75, 3.05) is 23.8 Å². The van der Waals surface area contributed by atoms with Gasteiger partial charge in [-0.15, -0.1) is 13.2 Å². The first-order valence-electron chi connectivity index (χ1n) is 9.12. The summed E-state index contributed by atoms with van der Waals surface area (Å²) in [5, 5.41) is 15.1. The summed E-state index contributed by atoms with van der Waals surface area (Å²) in [5.74, 6) is 0.517. The molecule has 7 nitrogen and oxygen atoms in total. The number of halogens is 3. The van der Waals surface area contributed by atoms with Gasteiger partial charge in [0.05, 0.1) is 5.69 Å². The summed E-state index contributed by atoms with van der Waals surface area (Å²) in [4.78, 5) is 12.9. The number of nitrogens with one attached hydrogen (secondary N) is 2. The van der Waals surface area contributed by atoms with Crippen LogP contribution < -0.4 is 15.4 Å². The molecule has 0 amide bonds. The fraction of sp³-hybridized carbons (Fsp3) is 0.250. The van der Waals surface area contributed by atoms with Crippen molar-refractivity contribution in [1.82, 2.24) is 15.0 Å². The first kappa shape index (κ1) is 21.3. The minimum Gasteiger partial charge on any atom is -0.406 e. The summed E-state index contributed by atoms with van der Waals surface area (Å²) in [6.45, 7) is 2.18. The molecule has 0 unspecified atom stereocenters. The van der Waals surface area contributed by atoms with Gasteiger partial charge in [-0.25, -0.2) is 4.98 Å². The Morgan fingerprint density at radius 3 is 2.50 bits per heavy atom. The van der Waals surface area contributed by atoms with Crippen LogP contribution >= 0.6 is 0 Å². The van der Waals surface area contributed by atoms with Crippen molar-refractivity contribution in [3.05, 3.63) is 54.4 Å². The maximum absolute atomic E-state index is 12.4. The van der Waals surface area contributed by atoms with Gasteiger partial charge in [-0.05, 0) is 49.2 Å². The molecule has 0 aliphatic heterocycles. The van der Waals surface area contributed by atoms with E-state index < -0.39 is 6.36 Å². The second-order valence-electron chi connectivity index (χ2n) is 6.35. The van der Waals surface area contributed by atoms with Crippen LogP contribution in [0.1, 0.15) is 12.0 Å². The number of hydrogen-bond donors (Lipinski definition) is 3. The number of aryl methyl sites for hydroxylation is 1. The molecule has 0 atom stereocenters. The van der Waals surface area contributed by atoms with Crippen molar-refractivity contribution in [1.29, 1.82) is 0 Å². The van der Waals surface area contributed by atoms with Crippen LogP contribution in [0.3, 0.4) is 0 Å². The van der Waals surface area contributed by atoms with Gasteiger partial charge >= 0.3 is 6.36 Å². The molecule has 0 radical (unpaired) electrons. The van der Waals surface area contributed by atoms with Crippen molar-refractivity contribution in [2.45, 2.75) is 19.7 Å². The number of anilines is 3. The molecular weight excluding hydrogens is 399 g/mol. The van der Waals surface area contributed by atoms with Crippen LogP contribution in [0.15, 0.2) is 48.8 Å². The minimum atomic E-state index is -4.75. The molecule has 30 heavy (non-hydrogen) atoms. The topological polar surface area (TPSA) is 92.2 Å². The third kappa shape index (κ3) is 6.05. The number of ether oxygens (including phenoxy) is 1. The lowest BCUT2D eigenvalue weighted by molar-refractivity contribution is -0.274. The SMILES string of the molecule is Cc1cc(OC(F)(F)F)ccc1Nc1cc(-c2ccncc2)nc(NCCCO)n1. The van der Waals surface area contributed by atoms with E-state index >= 15 is 0 Å². The average Bonchev–Trinajstić information content (AvgIpc) is 2.70. The van der Waals surface area contributed by atoms with Gasteiger partial charge in [0.2, 0.25) is 5.95 Å². The summed E-state index contributed by atoms with van der Waals surface area (Å²) < 4.78 is 41.2. The summed E-state index contributed by atoms with van der Waals surface area (Å²) >= 11 is 0. The molecule has 10 heteroatoms. The zero-order valence-electron chi connectivity index (χ0n) is 16.1. The van der Waals surface area contributed by atoms with E-state index in [9.17, 15) is 13.2 Å². The van der Waals surface area contributed by atoms with Crippen molar-refractivity contribution >= 4 is 17.5 Å². The van der Waals surface area contributed by atoms with E-state index in [1.54, 1.807) is 37.5 Å². The highest BCUT2D eigenvalue weighted by molar-refractivity contribution is 5.68. The number of hydrogen-bond acceptors (Lipinski definition) is 7. The Morgan fingerprint density at radius 2 is 1.83 bits per heavy atom. The molecule has 158 valence electrons. The van der Waals surface area contributed by atoms with E-state index in [4.69, 9.17) is 5.11 Å². The van der Waals surface area contributed by atoms with E-state index in [0.29, 0.717) is 41.7 Å². The number of aliphatic hydroxyl groups excluding tert-OH is 1. The number of aliphatic hydroxyl groups is 1. The van der Waals surface area contributed by atoms with E-state index in [-0.39, 0.29) is 12.4 Å². The smallest absolute Gasteiger partial charge is 0.406 e. The van der Waals surface area contributed by atoms with Crippen LogP contribution in [0.4, 0.5) is 30.6 Å². The fourth-order valence-corrected chi connectivity index (χ4v) is 2.65. The van der Waals surface area contributed by atoms with Crippen molar-refractivity contribution in [2.24, 2.45) is 0 Å². The third-order valence-corrected chi connectivity index (χ3v) is 4.01. The molecule has 3 aromatic rings.